The van der Waals surface area contributed by atoms with E-state index in [0.29, 0.717) is 17.6 Å². The van der Waals surface area contributed by atoms with E-state index in [1.165, 1.54) is 38.4 Å². The Hall–Kier alpha value is -6.91. The molecule has 0 aliphatic heterocycles. The number of aromatic nitrogens is 4. The Balaban J connectivity index is 1.23. The molecule has 4 nitrogen and oxygen atoms in total. The van der Waals surface area contributed by atoms with E-state index in [4.69, 9.17) is 15.0 Å². The molecule has 254 valence electrons. The second-order valence-corrected chi connectivity index (χ2v) is 14.9. The van der Waals surface area contributed by atoms with Gasteiger partial charge in [-0.15, -0.1) is 0 Å². The molecule has 0 saturated heterocycles. The molecule has 54 heavy (non-hydrogen) atoms. The summed E-state index contributed by atoms with van der Waals surface area (Å²) in [5.74, 6) is 1.85. The molecule has 2 heterocycles. The molecule has 2 aromatic heterocycles. The van der Waals surface area contributed by atoms with E-state index in [9.17, 15) is 0 Å². The molecule has 11 rings (SSSR count). The van der Waals surface area contributed by atoms with Crippen LogP contribution in [0.5, 0.6) is 0 Å². The molecule has 0 unspecified atom stereocenters. The van der Waals surface area contributed by atoms with Crippen LogP contribution in [0.3, 0.4) is 0 Å². The fourth-order valence-corrected chi connectivity index (χ4v) is 8.72. The first-order valence-corrected chi connectivity index (χ1v) is 18.5. The monoisotopic (exact) mass is 690 g/mol. The van der Waals surface area contributed by atoms with E-state index in [0.717, 1.165) is 49.4 Å². The highest BCUT2D eigenvalue weighted by atomic mass is 15.2. The van der Waals surface area contributed by atoms with Gasteiger partial charge in [0.1, 0.15) is 0 Å². The van der Waals surface area contributed by atoms with E-state index < -0.39 is 0 Å². The van der Waals surface area contributed by atoms with Gasteiger partial charge in [-0.25, -0.2) is 4.98 Å². The van der Waals surface area contributed by atoms with Gasteiger partial charge in [-0.2, -0.15) is 9.97 Å². The summed E-state index contributed by atoms with van der Waals surface area (Å²) < 4.78 is 2.27. The van der Waals surface area contributed by atoms with Crippen LogP contribution in [0.1, 0.15) is 25.0 Å². The topological polar surface area (TPSA) is 43.6 Å². The highest BCUT2D eigenvalue weighted by molar-refractivity contribution is 6.17. The number of benzene rings is 8. The molecular weight excluding hydrogens is 657 g/mol. The summed E-state index contributed by atoms with van der Waals surface area (Å²) in [4.78, 5) is 15.8. The first-order chi connectivity index (χ1) is 26.5. The zero-order chi connectivity index (χ0) is 36.0. The maximum absolute atomic E-state index is 5.34. The Bertz CT molecular complexity index is 3140. The van der Waals surface area contributed by atoms with Crippen molar-refractivity contribution in [1.29, 1.82) is 0 Å². The SMILES string of the molecule is CC1(C)c2ccccc2-c2cc(-c3cccc4c5cc6ccccc6cc5n(-c5nc(-c6ccccc6)nc(-c6ccc7ccccc7c6)n5)c34)ccc21. The fourth-order valence-electron chi connectivity index (χ4n) is 8.72. The Labute approximate surface area is 313 Å². The summed E-state index contributed by atoms with van der Waals surface area (Å²) in [7, 11) is 0. The van der Waals surface area contributed by atoms with Gasteiger partial charge in [0.25, 0.3) is 0 Å². The van der Waals surface area contributed by atoms with Crippen LogP contribution in [0.15, 0.2) is 170 Å². The van der Waals surface area contributed by atoms with Crippen LogP contribution in [0.2, 0.25) is 0 Å². The molecule has 0 N–H and O–H groups in total. The maximum atomic E-state index is 5.34. The molecule has 0 bridgehead atoms. The van der Waals surface area contributed by atoms with E-state index in [2.05, 4.69) is 170 Å². The van der Waals surface area contributed by atoms with Crippen molar-refractivity contribution in [2.24, 2.45) is 0 Å². The van der Waals surface area contributed by atoms with Crippen molar-refractivity contribution >= 4 is 43.4 Å². The summed E-state index contributed by atoms with van der Waals surface area (Å²) in [6.45, 7) is 4.66. The molecular formula is C50H34N4. The van der Waals surface area contributed by atoms with E-state index in [-0.39, 0.29) is 5.41 Å². The first-order valence-electron chi connectivity index (χ1n) is 18.5. The molecule has 0 saturated carbocycles. The van der Waals surface area contributed by atoms with Crippen molar-refractivity contribution < 1.29 is 0 Å². The molecule has 0 spiro atoms. The largest absolute Gasteiger partial charge is 0.277 e. The molecule has 0 amide bonds. The molecule has 4 heteroatoms. The maximum Gasteiger partial charge on any atom is 0.238 e. The summed E-state index contributed by atoms with van der Waals surface area (Å²) in [5.41, 5.74) is 11.6. The van der Waals surface area contributed by atoms with Crippen LogP contribution < -0.4 is 0 Å². The van der Waals surface area contributed by atoms with Gasteiger partial charge in [-0.1, -0.05) is 159 Å². The van der Waals surface area contributed by atoms with Crippen molar-refractivity contribution in [2.45, 2.75) is 19.3 Å². The molecule has 0 radical (unpaired) electrons. The van der Waals surface area contributed by atoms with Gasteiger partial charge in [-0.05, 0) is 73.6 Å². The third-order valence-electron chi connectivity index (χ3n) is 11.4. The summed E-state index contributed by atoms with van der Waals surface area (Å²) in [6, 6.07) is 60.8. The average Bonchev–Trinajstić information content (AvgIpc) is 3.67. The lowest BCUT2D eigenvalue weighted by molar-refractivity contribution is 0.660. The van der Waals surface area contributed by atoms with Gasteiger partial charge in [-0.3, -0.25) is 4.57 Å². The summed E-state index contributed by atoms with van der Waals surface area (Å²) in [5, 5.41) is 7.00. The normalized spacial score (nSPS) is 13.1. The standard InChI is InChI=1S/C50H34N4/c1-50(2)43-22-11-10-19-39(43)41-29-36(25-26-44(41)50)38-20-12-21-40-42-28-34-17-8-9-18-35(34)30-45(42)54(46(38)40)49-52-47(32-14-4-3-5-15-32)51-48(53-49)37-24-23-31-13-6-7-16-33(31)27-37/h3-30H,1-2H3. The van der Waals surface area contributed by atoms with Crippen LogP contribution in [0, 0.1) is 0 Å². The van der Waals surface area contributed by atoms with Gasteiger partial charge in [0.2, 0.25) is 5.95 Å². The number of rotatable bonds is 4. The molecule has 1 aliphatic rings. The van der Waals surface area contributed by atoms with Gasteiger partial charge in [0.15, 0.2) is 11.6 Å². The molecule has 1 aliphatic carbocycles. The molecule has 8 aromatic carbocycles. The van der Waals surface area contributed by atoms with Crippen molar-refractivity contribution in [1.82, 2.24) is 19.5 Å². The third-order valence-corrected chi connectivity index (χ3v) is 11.4. The highest BCUT2D eigenvalue weighted by Crippen LogP contribution is 2.50. The minimum absolute atomic E-state index is 0.0661. The van der Waals surface area contributed by atoms with Crippen LogP contribution in [0.25, 0.3) is 94.3 Å². The minimum atomic E-state index is -0.0661. The lowest BCUT2D eigenvalue weighted by atomic mass is 9.82. The smallest absolute Gasteiger partial charge is 0.238 e. The van der Waals surface area contributed by atoms with Crippen molar-refractivity contribution in [3.63, 3.8) is 0 Å². The van der Waals surface area contributed by atoms with Crippen molar-refractivity contribution in [3.05, 3.63) is 181 Å². The predicted molar refractivity (Wildman–Crippen MR) is 223 cm³/mol. The number of hydrogen-bond acceptors (Lipinski definition) is 3. The average molecular weight is 691 g/mol. The fraction of sp³-hybridized carbons (Fsp3) is 0.0600. The molecule has 0 fully saturated rings. The highest BCUT2D eigenvalue weighted by Gasteiger charge is 2.35. The minimum Gasteiger partial charge on any atom is -0.277 e. The Kier molecular flexibility index (Phi) is 6.56. The van der Waals surface area contributed by atoms with E-state index in [1.54, 1.807) is 0 Å². The third kappa shape index (κ3) is 4.60. The van der Waals surface area contributed by atoms with Gasteiger partial charge in [0.05, 0.1) is 11.0 Å². The van der Waals surface area contributed by atoms with Crippen molar-refractivity contribution in [3.8, 4) is 51.0 Å². The number of hydrogen-bond donors (Lipinski definition) is 0. The van der Waals surface area contributed by atoms with Crippen LogP contribution >= 0.6 is 0 Å². The van der Waals surface area contributed by atoms with Gasteiger partial charge >= 0.3 is 0 Å². The Morgan fingerprint density at radius 3 is 1.85 bits per heavy atom. The van der Waals surface area contributed by atoms with Gasteiger partial charge < -0.3 is 0 Å². The zero-order valence-electron chi connectivity index (χ0n) is 30.0. The zero-order valence-corrected chi connectivity index (χ0v) is 30.0. The van der Waals surface area contributed by atoms with Gasteiger partial charge in [0, 0.05) is 32.9 Å². The summed E-state index contributed by atoms with van der Waals surface area (Å²) in [6.07, 6.45) is 0. The van der Waals surface area contributed by atoms with Crippen LogP contribution in [-0.4, -0.2) is 19.5 Å². The number of para-hydroxylation sites is 1. The Morgan fingerprint density at radius 1 is 0.407 bits per heavy atom. The number of nitrogens with zero attached hydrogens (tertiary/aromatic N) is 4. The van der Waals surface area contributed by atoms with Crippen molar-refractivity contribution in [2.75, 3.05) is 0 Å². The first kappa shape index (κ1) is 30.7. The Morgan fingerprint density at radius 2 is 1.04 bits per heavy atom. The lowest BCUT2D eigenvalue weighted by Crippen LogP contribution is -2.14. The van der Waals surface area contributed by atoms with Crippen LogP contribution in [-0.2, 0) is 5.41 Å². The van der Waals surface area contributed by atoms with E-state index in [1.807, 2.05) is 18.2 Å². The quantitative estimate of drug-likeness (QED) is 0.185. The predicted octanol–water partition coefficient (Wildman–Crippen LogP) is 12.6. The summed E-state index contributed by atoms with van der Waals surface area (Å²) >= 11 is 0. The van der Waals surface area contributed by atoms with E-state index >= 15 is 0 Å². The van der Waals surface area contributed by atoms with Crippen LogP contribution in [0.4, 0.5) is 0 Å². The number of fused-ring (bicyclic) bond motifs is 8. The molecule has 0 atom stereocenters. The second-order valence-electron chi connectivity index (χ2n) is 14.9. The molecule has 10 aromatic rings. The lowest BCUT2D eigenvalue weighted by Gasteiger charge is -2.21. The second kappa shape index (κ2) is 11.5.